The number of aromatic nitrogens is 2. The van der Waals surface area contributed by atoms with Crippen LogP contribution in [0.15, 0.2) is 65.8 Å². The first-order valence-electron chi connectivity index (χ1n) is 8.99. The van der Waals surface area contributed by atoms with Crippen molar-refractivity contribution in [2.45, 2.75) is 30.8 Å². The average Bonchev–Trinajstić information content (AvgIpc) is 2.67. The highest BCUT2D eigenvalue weighted by Gasteiger charge is 2.20. The molecule has 3 rings (SSSR count). The van der Waals surface area contributed by atoms with Crippen LogP contribution in [0.1, 0.15) is 18.2 Å². The van der Waals surface area contributed by atoms with Crippen molar-refractivity contribution in [2.24, 2.45) is 0 Å². The van der Waals surface area contributed by atoms with Crippen molar-refractivity contribution in [1.29, 1.82) is 0 Å². The van der Waals surface area contributed by atoms with Gasteiger partial charge in [-0.05, 0) is 37.6 Å². The molecule has 3 aromatic rings. The molecular formula is C22H22FN3OS. The van der Waals surface area contributed by atoms with E-state index in [0.717, 1.165) is 22.5 Å². The van der Waals surface area contributed by atoms with Crippen LogP contribution in [-0.2, 0) is 11.3 Å². The number of aryl methyl sites for hydroxylation is 1. The molecule has 0 fully saturated rings. The van der Waals surface area contributed by atoms with Gasteiger partial charge in [-0.3, -0.25) is 4.79 Å². The largest absolute Gasteiger partial charge is 0.340 e. The molecular weight excluding hydrogens is 373 g/mol. The predicted octanol–water partition coefficient (Wildman–Crippen LogP) is 4.73. The topological polar surface area (TPSA) is 46.1 Å². The first-order valence-corrected chi connectivity index (χ1v) is 9.87. The van der Waals surface area contributed by atoms with E-state index < -0.39 is 0 Å². The molecule has 0 spiro atoms. The summed E-state index contributed by atoms with van der Waals surface area (Å²) in [4.78, 5) is 23.4. The quantitative estimate of drug-likeness (QED) is 0.447. The molecule has 1 amide bonds. The van der Waals surface area contributed by atoms with E-state index in [1.165, 1.54) is 23.9 Å². The molecule has 0 bridgehead atoms. The zero-order valence-corrected chi connectivity index (χ0v) is 16.9. The van der Waals surface area contributed by atoms with Crippen molar-refractivity contribution < 1.29 is 9.18 Å². The summed E-state index contributed by atoms with van der Waals surface area (Å²) in [7, 11) is 1.72. The van der Waals surface area contributed by atoms with Gasteiger partial charge in [-0.2, -0.15) is 0 Å². The van der Waals surface area contributed by atoms with Gasteiger partial charge in [-0.1, -0.05) is 54.2 Å². The summed E-state index contributed by atoms with van der Waals surface area (Å²) in [6.45, 7) is 4.11. The van der Waals surface area contributed by atoms with Crippen LogP contribution in [0.25, 0.3) is 11.3 Å². The monoisotopic (exact) mass is 395 g/mol. The molecule has 2 aromatic carbocycles. The number of benzene rings is 2. The van der Waals surface area contributed by atoms with Crippen molar-refractivity contribution in [3.63, 3.8) is 0 Å². The van der Waals surface area contributed by atoms with Crippen LogP contribution >= 0.6 is 11.8 Å². The number of hydrogen-bond acceptors (Lipinski definition) is 4. The first kappa shape index (κ1) is 20.0. The molecule has 1 aromatic heterocycles. The minimum Gasteiger partial charge on any atom is -0.340 e. The van der Waals surface area contributed by atoms with E-state index in [0.29, 0.717) is 11.7 Å². The molecule has 0 aliphatic rings. The van der Waals surface area contributed by atoms with E-state index in [1.54, 1.807) is 24.1 Å². The van der Waals surface area contributed by atoms with E-state index in [-0.39, 0.29) is 17.0 Å². The van der Waals surface area contributed by atoms with Crippen molar-refractivity contribution in [3.8, 4) is 11.3 Å². The number of amides is 1. The second-order valence-corrected chi connectivity index (χ2v) is 7.94. The van der Waals surface area contributed by atoms with Gasteiger partial charge in [-0.15, -0.1) is 0 Å². The van der Waals surface area contributed by atoms with Gasteiger partial charge in [0.1, 0.15) is 5.82 Å². The lowest BCUT2D eigenvalue weighted by Gasteiger charge is -2.21. The Hall–Kier alpha value is -2.73. The molecule has 6 heteroatoms. The summed E-state index contributed by atoms with van der Waals surface area (Å²) in [6, 6.07) is 18.1. The molecule has 0 N–H and O–H groups in total. The van der Waals surface area contributed by atoms with E-state index in [1.807, 2.05) is 50.2 Å². The van der Waals surface area contributed by atoms with Gasteiger partial charge in [0.15, 0.2) is 5.16 Å². The molecule has 0 saturated heterocycles. The molecule has 0 unspecified atom stereocenters. The molecule has 1 atom stereocenters. The number of carbonyl (C=O) groups excluding carboxylic acids is 1. The van der Waals surface area contributed by atoms with Gasteiger partial charge in [-0.25, -0.2) is 14.4 Å². The van der Waals surface area contributed by atoms with Crippen molar-refractivity contribution in [3.05, 3.63) is 77.7 Å². The Labute approximate surface area is 168 Å². The number of halogens is 1. The number of nitrogens with zero attached hydrogens (tertiary/aromatic N) is 3. The maximum absolute atomic E-state index is 13.4. The van der Waals surface area contributed by atoms with Gasteiger partial charge in [0.05, 0.1) is 10.9 Å². The second kappa shape index (κ2) is 8.97. The number of hydrogen-bond donors (Lipinski definition) is 0. The predicted molar refractivity (Wildman–Crippen MR) is 110 cm³/mol. The van der Waals surface area contributed by atoms with Gasteiger partial charge >= 0.3 is 0 Å². The third-order valence-corrected chi connectivity index (χ3v) is 5.17. The van der Waals surface area contributed by atoms with E-state index in [9.17, 15) is 9.18 Å². The minimum atomic E-state index is -0.357. The molecule has 28 heavy (non-hydrogen) atoms. The van der Waals surface area contributed by atoms with E-state index in [4.69, 9.17) is 0 Å². The Balaban J connectivity index is 1.70. The maximum Gasteiger partial charge on any atom is 0.235 e. The Morgan fingerprint density at radius 2 is 1.86 bits per heavy atom. The fourth-order valence-corrected chi connectivity index (χ4v) is 3.80. The smallest absolute Gasteiger partial charge is 0.235 e. The van der Waals surface area contributed by atoms with Crippen LogP contribution in [0.2, 0.25) is 0 Å². The molecule has 144 valence electrons. The summed E-state index contributed by atoms with van der Waals surface area (Å²) < 4.78 is 13.4. The molecule has 0 radical (unpaired) electrons. The zero-order chi connectivity index (χ0) is 20.1. The van der Waals surface area contributed by atoms with E-state index >= 15 is 0 Å². The van der Waals surface area contributed by atoms with Crippen molar-refractivity contribution >= 4 is 17.7 Å². The molecule has 1 heterocycles. The lowest BCUT2D eigenvalue weighted by atomic mass is 10.1. The van der Waals surface area contributed by atoms with Gasteiger partial charge in [0, 0.05) is 24.8 Å². The minimum absolute atomic E-state index is 0.0550. The van der Waals surface area contributed by atoms with Gasteiger partial charge in [0.25, 0.3) is 0 Å². The van der Waals surface area contributed by atoms with Crippen LogP contribution in [0.5, 0.6) is 0 Å². The highest BCUT2D eigenvalue weighted by Crippen LogP contribution is 2.25. The normalized spacial score (nSPS) is 11.9. The van der Waals surface area contributed by atoms with Crippen molar-refractivity contribution in [2.75, 3.05) is 7.05 Å². The number of carbonyl (C=O) groups is 1. The second-order valence-electron chi connectivity index (χ2n) is 6.63. The third kappa shape index (κ3) is 5.16. The fraction of sp³-hybridized carbons (Fsp3) is 0.227. The highest BCUT2D eigenvalue weighted by atomic mass is 32.2. The summed E-state index contributed by atoms with van der Waals surface area (Å²) in [6.07, 6.45) is 0. The Morgan fingerprint density at radius 3 is 2.57 bits per heavy atom. The maximum atomic E-state index is 13.4. The SMILES string of the molecule is Cc1cc(-c2ccccc2)nc(S[C@@H](C)C(=O)N(C)Cc2cccc(F)c2)n1. The lowest BCUT2D eigenvalue weighted by molar-refractivity contribution is -0.129. The van der Waals surface area contributed by atoms with Gasteiger partial charge in [0.2, 0.25) is 5.91 Å². The molecule has 0 aliphatic heterocycles. The Kier molecular flexibility index (Phi) is 6.41. The van der Waals surface area contributed by atoms with Gasteiger partial charge < -0.3 is 4.90 Å². The van der Waals surface area contributed by atoms with Crippen LogP contribution in [0, 0.1) is 12.7 Å². The van der Waals surface area contributed by atoms with Crippen LogP contribution in [-0.4, -0.2) is 33.1 Å². The summed E-state index contributed by atoms with van der Waals surface area (Å²) >= 11 is 1.33. The highest BCUT2D eigenvalue weighted by molar-refractivity contribution is 8.00. The number of thioether (sulfide) groups is 1. The molecule has 4 nitrogen and oxygen atoms in total. The summed E-state index contributed by atoms with van der Waals surface area (Å²) in [5.74, 6) is -0.358. The average molecular weight is 396 g/mol. The van der Waals surface area contributed by atoms with Crippen LogP contribution in [0.4, 0.5) is 4.39 Å². The first-order chi connectivity index (χ1) is 13.4. The Morgan fingerprint density at radius 1 is 1.11 bits per heavy atom. The number of rotatable bonds is 6. The molecule has 0 aliphatic carbocycles. The van der Waals surface area contributed by atoms with E-state index in [2.05, 4.69) is 9.97 Å². The van der Waals surface area contributed by atoms with Crippen LogP contribution in [0.3, 0.4) is 0 Å². The third-order valence-electron chi connectivity index (χ3n) is 4.22. The fourth-order valence-electron chi connectivity index (χ4n) is 2.86. The Bertz CT molecular complexity index is 965. The van der Waals surface area contributed by atoms with Crippen molar-refractivity contribution in [1.82, 2.24) is 14.9 Å². The lowest BCUT2D eigenvalue weighted by Crippen LogP contribution is -2.32. The molecule has 0 saturated carbocycles. The zero-order valence-electron chi connectivity index (χ0n) is 16.1. The standard InChI is InChI=1S/C22H22FN3OS/c1-15-12-20(18-9-5-4-6-10-18)25-22(24-15)28-16(2)21(27)26(3)14-17-8-7-11-19(23)13-17/h4-13,16H,14H2,1-3H3/t16-/m0/s1. The van der Waals surface area contributed by atoms with Crippen LogP contribution < -0.4 is 0 Å². The summed E-state index contributed by atoms with van der Waals surface area (Å²) in [5.41, 5.74) is 3.45. The summed E-state index contributed by atoms with van der Waals surface area (Å²) in [5, 5.41) is 0.211.